The van der Waals surface area contributed by atoms with Crippen molar-refractivity contribution in [2.45, 2.75) is 56.3 Å². The van der Waals surface area contributed by atoms with E-state index in [0.29, 0.717) is 32.8 Å². The molecule has 0 radical (unpaired) electrons. The van der Waals surface area contributed by atoms with E-state index in [1.807, 2.05) is 0 Å². The molecule has 1 spiro atoms. The predicted molar refractivity (Wildman–Crippen MR) is 72.0 cm³/mol. The molecule has 3 nitrogen and oxygen atoms in total. The van der Waals surface area contributed by atoms with E-state index < -0.39 is 18.1 Å². The van der Waals surface area contributed by atoms with Crippen LogP contribution in [0.15, 0.2) is 0 Å². The van der Waals surface area contributed by atoms with E-state index in [2.05, 4.69) is 5.32 Å². The van der Waals surface area contributed by atoms with Crippen LogP contribution in [0.2, 0.25) is 0 Å². The Kier molecular flexibility index (Phi) is 4.48. The maximum absolute atomic E-state index is 13.3. The molecule has 0 aromatic carbocycles. The molecule has 3 fully saturated rings. The first-order chi connectivity index (χ1) is 10.0. The number of halogens is 3. The van der Waals surface area contributed by atoms with E-state index in [-0.39, 0.29) is 17.9 Å². The molecule has 3 saturated heterocycles. The molecule has 0 aromatic rings. The van der Waals surface area contributed by atoms with Gasteiger partial charge in [0.2, 0.25) is 0 Å². The SMILES string of the molecule is FC(F)(F)C1CCCNC1C1CCOC2(CCOCC2)C1. The van der Waals surface area contributed by atoms with Crippen LogP contribution in [0.1, 0.15) is 38.5 Å². The van der Waals surface area contributed by atoms with Gasteiger partial charge in [0.25, 0.3) is 0 Å². The highest BCUT2D eigenvalue weighted by Gasteiger charge is 2.50. The van der Waals surface area contributed by atoms with Crippen LogP contribution >= 0.6 is 0 Å². The molecule has 6 heteroatoms. The molecule has 0 amide bonds. The van der Waals surface area contributed by atoms with Gasteiger partial charge < -0.3 is 14.8 Å². The van der Waals surface area contributed by atoms with Crippen molar-refractivity contribution in [2.75, 3.05) is 26.4 Å². The number of hydrogen-bond acceptors (Lipinski definition) is 3. The van der Waals surface area contributed by atoms with Crippen LogP contribution in [0.4, 0.5) is 13.2 Å². The molecule has 3 aliphatic heterocycles. The Balaban J connectivity index is 1.72. The van der Waals surface area contributed by atoms with Crippen molar-refractivity contribution in [3.8, 4) is 0 Å². The highest BCUT2D eigenvalue weighted by molar-refractivity contribution is 4.97. The van der Waals surface area contributed by atoms with Crippen molar-refractivity contribution in [1.82, 2.24) is 5.32 Å². The average Bonchev–Trinajstić information content (AvgIpc) is 2.47. The summed E-state index contributed by atoms with van der Waals surface area (Å²) in [6.45, 7) is 2.60. The van der Waals surface area contributed by atoms with Gasteiger partial charge in [-0.2, -0.15) is 13.2 Å². The first kappa shape index (κ1) is 15.6. The Hall–Kier alpha value is -0.330. The van der Waals surface area contributed by atoms with Crippen molar-refractivity contribution in [3.63, 3.8) is 0 Å². The summed E-state index contributed by atoms with van der Waals surface area (Å²) >= 11 is 0. The average molecular weight is 307 g/mol. The minimum absolute atomic E-state index is 0.0591. The lowest BCUT2D eigenvalue weighted by Crippen LogP contribution is -2.55. The van der Waals surface area contributed by atoms with Gasteiger partial charge in [0.15, 0.2) is 0 Å². The lowest BCUT2D eigenvalue weighted by Gasteiger charge is -2.48. The zero-order valence-electron chi connectivity index (χ0n) is 12.3. The summed E-state index contributed by atoms with van der Waals surface area (Å²) in [7, 11) is 0. The van der Waals surface area contributed by atoms with Crippen LogP contribution in [-0.4, -0.2) is 44.2 Å². The molecule has 0 aliphatic carbocycles. The van der Waals surface area contributed by atoms with Gasteiger partial charge >= 0.3 is 6.18 Å². The number of rotatable bonds is 1. The Labute approximate surface area is 123 Å². The van der Waals surface area contributed by atoms with Gasteiger partial charge in [0.05, 0.1) is 11.5 Å². The summed E-state index contributed by atoms with van der Waals surface area (Å²) in [5.41, 5.74) is -0.240. The van der Waals surface area contributed by atoms with Crippen molar-refractivity contribution in [2.24, 2.45) is 11.8 Å². The number of hydrogen-bond donors (Lipinski definition) is 1. The van der Waals surface area contributed by atoms with E-state index in [1.165, 1.54) is 0 Å². The van der Waals surface area contributed by atoms with Gasteiger partial charge in [-0.25, -0.2) is 0 Å². The standard InChI is InChI=1S/C15H24F3NO2/c16-15(17,18)12-2-1-6-19-13(12)11-3-7-21-14(10-11)4-8-20-9-5-14/h11-13,19H,1-10H2. The van der Waals surface area contributed by atoms with Gasteiger partial charge in [-0.3, -0.25) is 0 Å². The summed E-state index contributed by atoms with van der Waals surface area (Å²) < 4.78 is 51.2. The third kappa shape index (κ3) is 3.37. The largest absolute Gasteiger partial charge is 0.393 e. The Morgan fingerprint density at radius 1 is 1.05 bits per heavy atom. The van der Waals surface area contributed by atoms with Gasteiger partial charge in [-0.05, 0) is 51.0 Å². The number of piperidine rings is 1. The minimum Gasteiger partial charge on any atom is -0.381 e. The Morgan fingerprint density at radius 2 is 1.81 bits per heavy atom. The minimum atomic E-state index is -4.10. The summed E-state index contributed by atoms with van der Waals surface area (Å²) in [4.78, 5) is 0. The van der Waals surface area contributed by atoms with Crippen LogP contribution in [0, 0.1) is 11.8 Å². The van der Waals surface area contributed by atoms with Crippen LogP contribution in [0.3, 0.4) is 0 Å². The molecule has 3 rings (SSSR count). The molecule has 122 valence electrons. The number of alkyl halides is 3. The summed E-state index contributed by atoms with van der Waals surface area (Å²) in [6.07, 6.45) is -0.135. The van der Waals surface area contributed by atoms with Gasteiger partial charge in [-0.15, -0.1) is 0 Å². The van der Waals surface area contributed by atoms with Crippen molar-refractivity contribution < 1.29 is 22.6 Å². The van der Waals surface area contributed by atoms with E-state index in [9.17, 15) is 13.2 Å². The molecule has 3 aliphatic rings. The van der Waals surface area contributed by atoms with Gasteiger partial charge in [0.1, 0.15) is 0 Å². The summed E-state index contributed by atoms with van der Waals surface area (Å²) in [6, 6.07) is -0.442. The van der Waals surface area contributed by atoms with E-state index in [1.54, 1.807) is 0 Å². The molecular weight excluding hydrogens is 283 g/mol. The fourth-order valence-corrected chi connectivity index (χ4v) is 4.24. The van der Waals surface area contributed by atoms with Gasteiger partial charge in [0, 0.05) is 25.9 Å². The van der Waals surface area contributed by atoms with Gasteiger partial charge in [-0.1, -0.05) is 0 Å². The monoisotopic (exact) mass is 307 g/mol. The molecule has 3 heterocycles. The molecule has 0 aromatic heterocycles. The van der Waals surface area contributed by atoms with Crippen LogP contribution in [0.25, 0.3) is 0 Å². The maximum atomic E-state index is 13.3. The highest BCUT2D eigenvalue weighted by atomic mass is 19.4. The van der Waals surface area contributed by atoms with Crippen molar-refractivity contribution >= 4 is 0 Å². The first-order valence-electron chi connectivity index (χ1n) is 8.02. The van der Waals surface area contributed by atoms with Crippen molar-refractivity contribution in [1.29, 1.82) is 0 Å². The summed E-state index contributed by atoms with van der Waals surface area (Å²) in [5.74, 6) is -1.14. The molecule has 0 saturated carbocycles. The van der Waals surface area contributed by atoms with Crippen molar-refractivity contribution in [3.05, 3.63) is 0 Å². The normalized spacial score (nSPS) is 37.6. The third-order valence-corrected chi connectivity index (χ3v) is 5.37. The lowest BCUT2D eigenvalue weighted by molar-refractivity contribution is -0.203. The molecule has 21 heavy (non-hydrogen) atoms. The number of ether oxygens (including phenoxy) is 2. The smallest absolute Gasteiger partial charge is 0.381 e. The topological polar surface area (TPSA) is 30.5 Å². The fraction of sp³-hybridized carbons (Fsp3) is 1.00. The maximum Gasteiger partial charge on any atom is 0.393 e. The Bertz CT molecular complexity index is 350. The molecule has 3 unspecified atom stereocenters. The van der Waals surface area contributed by atoms with Crippen LogP contribution in [-0.2, 0) is 9.47 Å². The second-order valence-corrected chi connectivity index (χ2v) is 6.67. The van der Waals surface area contributed by atoms with E-state index in [0.717, 1.165) is 25.7 Å². The van der Waals surface area contributed by atoms with Crippen LogP contribution < -0.4 is 5.32 Å². The van der Waals surface area contributed by atoms with E-state index >= 15 is 0 Å². The molecule has 3 atom stereocenters. The quantitative estimate of drug-likeness (QED) is 0.808. The predicted octanol–water partition coefficient (Wildman–Crippen LogP) is 2.89. The van der Waals surface area contributed by atoms with E-state index in [4.69, 9.17) is 9.47 Å². The summed E-state index contributed by atoms with van der Waals surface area (Å²) in [5, 5.41) is 3.16. The zero-order valence-corrected chi connectivity index (χ0v) is 12.3. The molecular formula is C15H24F3NO2. The highest BCUT2D eigenvalue weighted by Crippen LogP contribution is 2.44. The lowest BCUT2D eigenvalue weighted by atomic mass is 9.72. The number of nitrogens with one attached hydrogen (secondary N) is 1. The zero-order chi connectivity index (χ0) is 14.9. The third-order valence-electron chi connectivity index (χ3n) is 5.37. The first-order valence-corrected chi connectivity index (χ1v) is 8.02. The fourth-order valence-electron chi connectivity index (χ4n) is 4.24. The second kappa shape index (κ2) is 6.05. The molecule has 1 N–H and O–H groups in total. The van der Waals surface area contributed by atoms with Crippen LogP contribution in [0.5, 0.6) is 0 Å². The second-order valence-electron chi connectivity index (χ2n) is 6.67. The molecule has 0 bridgehead atoms. The Morgan fingerprint density at radius 3 is 2.52 bits per heavy atom.